The first kappa shape index (κ1) is 16.6. The molecule has 0 aliphatic carbocycles. The van der Waals surface area contributed by atoms with Crippen LogP contribution >= 0.6 is 15.9 Å². The van der Waals surface area contributed by atoms with Gasteiger partial charge in [-0.1, -0.05) is 13.8 Å². The summed E-state index contributed by atoms with van der Waals surface area (Å²) in [5.74, 6) is 0. The van der Waals surface area contributed by atoms with E-state index in [1.165, 1.54) is 0 Å². The molecular formula is C15H25BrN2O. The first-order valence-corrected chi connectivity index (χ1v) is 7.82. The van der Waals surface area contributed by atoms with Gasteiger partial charge < -0.3 is 10.1 Å². The minimum absolute atomic E-state index is 0.113. The molecule has 4 heteroatoms. The molecule has 1 atom stereocenters. The summed E-state index contributed by atoms with van der Waals surface area (Å²) in [5.41, 5.74) is 0.978. The molecule has 0 fully saturated rings. The van der Waals surface area contributed by atoms with Crippen LogP contribution in [0.3, 0.4) is 0 Å². The van der Waals surface area contributed by atoms with Gasteiger partial charge in [-0.15, -0.1) is 0 Å². The van der Waals surface area contributed by atoms with Crippen molar-refractivity contribution >= 4 is 15.9 Å². The third-order valence-electron chi connectivity index (χ3n) is 3.81. The topological polar surface area (TPSA) is 34.1 Å². The van der Waals surface area contributed by atoms with Crippen molar-refractivity contribution < 1.29 is 4.74 Å². The fourth-order valence-corrected chi connectivity index (χ4v) is 2.86. The molecule has 0 aliphatic heterocycles. The summed E-state index contributed by atoms with van der Waals surface area (Å²) in [6, 6.07) is 4.38. The lowest BCUT2D eigenvalue weighted by molar-refractivity contribution is -0.0705. The molecule has 0 amide bonds. The summed E-state index contributed by atoms with van der Waals surface area (Å²) in [7, 11) is 2.00. The van der Waals surface area contributed by atoms with E-state index in [2.05, 4.69) is 53.1 Å². The van der Waals surface area contributed by atoms with E-state index >= 15 is 0 Å². The van der Waals surface area contributed by atoms with Crippen molar-refractivity contribution in [2.24, 2.45) is 0 Å². The lowest BCUT2D eigenvalue weighted by atomic mass is 9.85. The van der Waals surface area contributed by atoms with Crippen LogP contribution in [-0.4, -0.2) is 30.3 Å². The number of likely N-dealkylation sites (N-methyl/N-ethyl adjacent to an activating group) is 1. The Bertz CT molecular complexity index is 363. The third kappa shape index (κ3) is 4.26. The SMILES string of the molecule is CCOC(CC)(CC)C(Cc1ccc(Br)cn1)NC. The van der Waals surface area contributed by atoms with Gasteiger partial charge in [-0.2, -0.15) is 0 Å². The number of pyridine rings is 1. The Labute approximate surface area is 125 Å². The number of halogens is 1. The summed E-state index contributed by atoms with van der Waals surface area (Å²) in [5, 5.41) is 3.42. The van der Waals surface area contributed by atoms with Gasteiger partial charge >= 0.3 is 0 Å². The molecule has 108 valence electrons. The van der Waals surface area contributed by atoms with E-state index < -0.39 is 0 Å². The van der Waals surface area contributed by atoms with E-state index in [0.717, 1.165) is 36.0 Å². The van der Waals surface area contributed by atoms with E-state index in [4.69, 9.17) is 4.74 Å². The molecule has 1 aromatic rings. The zero-order chi connectivity index (χ0) is 14.3. The number of aromatic nitrogens is 1. The number of rotatable bonds is 8. The number of nitrogens with zero attached hydrogens (tertiary/aromatic N) is 1. The summed E-state index contributed by atoms with van der Waals surface area (Å²) in [4.78, 5) is 4.47. The van der Waals surface area contributed by atoms with Gasteiger partial charge in [0, 0.05) is 35.4 Å². The molecule has 0 radical (unpaired) electrons. The van der Waals surface area contributed by atoms with Gasteiger partial charge in [0.2, 0.25) is 0 Å². The van der Waals surface area contributed by atoms with Gasteiger partial charge in [-0.25, -0.2) is 0 Å². The predicted molar refractivity (Wildman–Crippen MR) is 83.4 cm³/mol. The minimum atomic E-state index is -0.113. The molecule has 1 aromatic heterocycles. The molecule has 1 unspecified atom stereocenters. The van der Waals surface area contributed by atoms with E-state index in [0.29, 0.717) is 0 Å². The Hall–Kier alpha value is -0.450. The lowest BCUT2D eigenvalue weighted by Crippen LogP contribution is -2.52. The van der Waals surface area contributed by atoms with E-state index in [-0.39, 0.29) is 11.6 Å². The molecular weight excluding hydrogens is 304 g/mol. The summed E-state index contributed by atoms with van der Waals surface area (Å²) < 4.78 is 7.09. The van der Waals surface area contributed by atoms with Crippen molar-refractivity contribution in [3.63, 3.8) is 0 Å². The van der Waals surface area contributed by atoms with Crippen LogP contribution in [-0.2, 0) is 11.2 Å². The summed E-state index contributed by atoms with van der Waals surface area (Å²) >= 11 is 3.42. The highest BCUT2D eigenvalue weighted by atomic mass is 79.9. The maximum Gasteiger partial charge on any atom is 0.0833 e. The second-order valence-corrected chi connectivity index (χ2v) is 5.63. The van der Waals surface area contributed by atoms with Crippen LogP contribution in [0.15, 0.2) is 22.8 Å². The fourth-order valence-electron chi connectivity index (χ4n) is 2.62. The highest BCUT2D eigenvalue weighted by Gasteiger charge is 2.35. The van der Waals surface area contributed by atoms with Gasteiger partial charge in [-0.3, -0.25) is 4.98 Å². The van der Waals surface area contributed by atoms with Crippen LogP contribution < -0.4 is 5.32 Å². The van der Waals surface area contributed by atoms with Crippen molar-refractivity contribution in [3.05, 3.63) is 28.5 Å². The predicted octanol–water partition coefficient (Wildman–Crippen LogP) is 3.57. The maximum atomic E-state index is 6.08. The van der Waals surface area contributed by atoms with Crippen molar-refractivity contribution in [2.45, 2.75) is 51.7 Å². The second kappa shape index (κ2) is 7.98. The Morgan fingerprint density at radius 1 is 1.32 bits per heavy atom. The molecule has 0 bridgehead atoms. The maximum absolute atomic E-state index is 6.08. The molecule has 3 nitrogen and oxygen atoms in total. The summed E-state index contributed by atoms with van der Waals surface area (Å²) in [6.45, 7) is 7.19. The van der Waals surface area contributed by atoms with Crippen LogP contribution in [0.5, 0.6) is 0 Å². The summed E-state index contributed by atoms with van der Waals surface area (Å²) in [6.07, 6.45) is 4.73. The highest BCUT2D eigenvalue weighted by molar-refractivity contribution is 9.10. The minimum Gasteiger partial charge on any atom is -0.374 e. The van der Waals surface area contributed by atoms with Gasteiger partial charge in [0.25, 0.3) is 0 Å². The molecule has 0 aromatic carbocycles. The van der Waals surface area contributed by atoms with E-state index in [9.17, 15) is 0 Å². The van der Waals surface area contributed by atoms with Crippen molar-refractivity contribution in [2.75, 3.05) is 13.7 Å². The normalized spacial score (nSPS) is 13.5. The molecule has 1 N–H and O–H groups in total. The van der Waals surface area contributed by atoms with Crippen LogP contribution in [0.2, 0.25) is 0 Å². The number of hydrogen-bond donors (Lipinski definition) is 1. The van der Waals surface area contributed by atoms with Gasteiger partial charge in [-0.05, 0) is 54.9 Å². The Kier molecular flexibility index (Phi) is 6.97. The zero-order valence-corrected chi connectivity index (χ0v) is 14.0. The van der Waals surface area contributed by atoms with E-state index in [1.807, 2.05) is 19.3 Å². The molecule has 0 aliphatic rings. The number of hydrogen-bond acceptors (Lipinski definition) is 3. The van der Waals surface area contributed by atoms with Gasteiger partial charge in [0.15, 0.2) is 0 Å². The van der Waals surface area contributed by atoms with Crippen LogP contribution in [0, 0.1) is 0 Å². The van der Waals surface area contributed by atoms with Crippen molar-refractivity contribution in [3.8, 4) is 0 Å². The quantitative estimate of drug-likeness (QED) is 0.792. The standard InChI is InChI=1S/C15H25BrN2O/c1-5-15(6-2,19-7-3)14(17-4)10-13-9-8-12(16)11-18-13/h8-9,11,14,17H,5-7,10H2,1-4H3. The third-order valence-corrected chi connectivity index (χ3v) is 4.28. The first-order chi connectivity index (χ1) is 9.11. The van der Waals surface area contributed by atoms with Crippen molar-refractivity contribution in [1.29, 1.82) is 0 Å². The Balaban J connectivity index is 2.88. The highest BCUT2D eigenvalue weighted by Crippen LogP contribution is 2.27. The Morgan fingerprint density at radius 2 is 2.00 bits per heavy atom. The molecule has 0 spiro atoms. The average Bonchev–Trinajstić information content (AvgIpc) is 2.44. The van der Waals surface area contributed by atoms with Crippen LogP contribution in [0.4, 0.5) is 0 Å². The van der Waals surface area contributed by atoms with Gasteiger partial charge in [0.05, 0.1) is 5.60 Å². The molecule has 1 heterocycles. The zero-order valence-electron chi connectivity index (χ0n) is 12.4. The Morgan fingerprint density at radius 3 is 2.42 bits per heavy atom. The second-order valence-electron chi connectivity index (χ2n) is 4.72. The lowest BCUT2D eigenvalue weighted by Gasteiger charge is -2.39. The number of nitrogens with one attached hydrogen (secondary N) is 1. The molecule has 19 heavy (non-hydrogen) atoms. The largest absolute Gasteiger partial charge is 0.374 e. The monoisotopic (exact) mass is 328 g/mol. The fraction of sp³-hybridized carbons (Fsp3) is 0.667. The van der Waals surface area contributed by atoms with Gasteiger partial charge in [0.1, 0.15) is 0 Å². The smallest absolute Gasteiger partial charge is 0.0833 e. The number of ether oxygens (including phenoxy) is 1. The van der Waals surface area contributed by atoms with E-state index in [1.54, 1.807) is 0 Å². The molecule has 0 saturated heterocycles. The first-order valence-electron chi connectivity index (χ1n) is 7.03. The molecule has 0 saturated carbocycles. The van der Waals surface area contributed by atoms with Crippen molar-refractivity contribution in [1.82, 2.24) is 10.3 Å². The average molecular weight is 329 g/mol. The molecule has 1 rings (SSSR count). The van der Waals surface area contributed by atoms with Crippen LogP contribution in [0.25, 0.3) is 0 Å². The van der Waals surface area contributed by atoms with Crippen LogP contribution in [0.1, 0.15) is 39.3 Å².